The quantitative estimate of drug-likeness (QED) is 0.737. The van der Waals surface area contributed by atoms with Crippen LogP contribution in [-0.4, -0.2) is 56.6 Å². The highest BCUT2D eigenvalue weighted by Crippen LogP contribution is 2.37. The largest absolute Gasteiger partial charge is 0.475 e. The zero-order valence-corrected chi connectivity index (χ0v) is 18.6. The molecule has 0 saturated heterocycles. The number of urea groups is 1. The summed E-state index contributed by atoms with van der Waals surface area (Å²) in [4.78, 5) is 19.8. The molecule has 11 heteroatoms. The van der Waals surface area contributed by atoms with Gasteiger partial charge in [-0.25, -0.2) is 18.8 Å². The number of carbonyl (C=O) groups excluding carboxylic acids is 1. The molecule has 2 unspecified atom stereocenters. The summed E-state index contributed by atoms with van der Waals surface area (Å²) in [5, 5.41) is 13.2. The number of nitrogens with one attached hydrogen (secondary N) is 1. The third-order valence-electron chi connectivity index (χ3n) is 6.30. The summed E-state index contributed by atoms with van der Waals surface area (Å²) < 4.78 is 24.4. The van der Waals surface area contributed by atoms with Gasteiger partial charge in [0.1, 0.15) is 11.5 Å². The van der Waals surface area contributed by atoms with Crippen LogP contribution in [0.2, 0.25) is 0 Å². The first kappa shape index (κ1) is 20.4. The Morgan fingerprint density at radius 2 is 1.94 bits per heavy atom. The molecule has 2 aromatic rings. The second-order valence-electron chi connectivity index (χ2n) is 8.56. The number of rotatable bonds is 3. The SMILES string of the molecule is CN(C)C1COc2c(S(N)(=O)=NC(=O)Nc3c4c(nc5c3CCC5)CCC4)cnn2C1. The minimum Gasteiger partial charge on any atom is -0.475 e. The van der Waals surface area contributed by atoms with Gasteiger partial charge in [0.25, 0.3) is 0 Å². The first-order chi connectivity index (χ1) is 14.8. The van der Waals surface area contributed by atoms with Crippen molar-refractivity contribution in [1.29, 1.82) is 0 Å². The number of aryl methyl sites for hydroxylation is 2. The number of ether oxygens (including phenoxy) is 1. The van der Waals surface area contributed by atoms with Crippen LogP contribution in [-0.2, 0) is 42.1 Å². The Morgan fingerprint density at radius 3 is 2.58 bits per heavy atom. The van der Waals surface area contributed by atoms with E-state index >= 15 is 0 Å². The van der Waals surface area contributed by atoms with Crippen LogP contribution in [0.1, 0.15) is 35.4 Å². The summed E-state index contributed by atoms with van der Waals surface area (Å²) in [6, 6.07) is -0.575. The number of carbonyl (C=O) groups is 1. The lowest BCUT2D eigenvalue weighted by Crippen LogP contribution is -2.41. The summed E-state index contributed by atoms with van der Waals surface area (Å²) in [5.41, 5.74) is 5.06. The summed E-state index contributed by atoms with van der Waals surface area (Å²) >= 11 is 0. The van der Waals surface area contributed by atoms with Crippen molar-refractivity contribution in [1.82, 2.24) is 19.7 Å². The normalized spacial score (nSPS) is 21.1. The van der Waals surface area contributed by atoms with Crippen molar-refractivity contribution in [3.8, 4) is 5.88 Å². The first-order valence-electron chi connectivity index (χ1n) is 10.6. The van der Waals surface area contributed by atoms with Crippen LogP contribution in [0.4, 0.5) is 10.5 Å². The van der Waals surface area contributed by atoms with Gasteiger partial charge in [-0.1, -0.05) is 0 Å². The molecule has 0 spiro atoms. The molecule has 10 nitrogen and oxygen atoms in total. The highest BCUT2D eigenvalue weighted by Gasteiger charge is 2.30. The fourth-order valence-electron chi connectivity index (χ4n) is 4.61. The topological polar surface area (TPSA) is 128 Å². The molecule has 2 atom stereocenters. The summed E-state index contributed by atoms with van der Waals surface area (Å²) in [7, 11) is 0.402. The van der Waals surface area contributed by atoms with Crippen molar-refractivity contribution >= 4 is 21.6 Å². The minimum atomic E-state index is -3.52. The number of nitrogens with zero attached hydrogens (tertiary/aromatic N) is 5. The average Bonchev–Trinajstić information content (AvgIpc) is 3.45. The van der Waals surface area contributed by atoms with Crippen molar-refractivity contribution in [2.24, 2.45) is 9.50 Å². The number of anilines is 1. The highest BCUT2D eigenvalue weighted by molar-refractivity contribution is 7.91. The standard InChI is InChI=1S/C20H27N7O3S/c1-26(2)12-10-27-19(30-11-12)17(9-22-27)31(21,29)25-20(28)24-18-13-5-3-7-15(13)23-16-8-4-6-14(16)18/h9,12H,3-8,10-11H2,1-2H3,(H3,21,23,24,25,28,29). The van der Waals surface area contributed by atoms with Gasteiger partial charge in [-0.3, -0.25) is 4.98 Å². The zero-order chi connectivity index (χ0) is 21.8. The van der Waals surface area contributed by atoms with Gasteiger partial charge in [0.2, 0.25) is 5.88 Å². The van der Waals surface area contributed by atoms with Gasteiger partial charge in [0.15, 0.2) is 9.92 Å². The predicted octanol–water partition coefficient (Wildman–Crippen LogP) is 1.51. The number of fused-ring (bicyclic) bond motifs is 3. The van der Waals surface area contributed by atoms with E-state index in [1.807, 2.05) is 19.0 Å². The molecule has 2 aliphatic carbocycles. The second-order valence-corrected chi connectivity index (χ2v) is 10.3. The molecule has 0 radical (unpaired) electrons. The molecule has 166 valence electrons. The molecule has 3 aliphatic rings. The maximum Gasteiger partial charge on any atom is 0.354 e. The van der Waals surface area contributed by atoms with Crippen LogP contribution in [0.5, 0.6) is 5.88 Å². The Hall–Kier alpha value is -2.50. The van der Waals surface area contributed by atoms with Crippen LogP contribution in [0.15, 0.2) is 15.5 Å². The molecule has 5 rings (SSSR count). The van der Waals surface area contributed by atoms with E-state index in [1.165, 1.54) is 6.20 Å². The zero-order valence-electron chi connectivity index (χ0n) is 17.8. The molecule has 0 aromatic carbocycles. The Balaban J connectivity index is 1.44. The smallest absolute Gasteiger partial charge is 0.354 e. The van der Waals surface area contributed by atoms with Crippen LogP contribution >= 0.6 is 0 Å². The summed E-state index contributed by atoms with van der Waals surface area (Å²) in [6.45, 7) is 1.00. The monoisotopic (exact) mass is 445 g/mol. The fourth-order valence-corrected chi connectivity index (χ4v) is 5.62. The Bertz CT molecular complexity index is 1150. The van der Waals surface area contributed by atoms with E-state index in [-0.39, 0.29) is 10.9 Å². The van der Waals surface area contributed by atoms with Crippen molar-refractivity contribution in [2.75, 3.05) is 26.0 Å². The third-order valence-corrected chi connectivity index (χ3v) is 7.65. The molecule has 0 bridgehead atoms. The Morgan fingerprint density at radius 1 is 1.26 bits per heavy atom. The van der Waals surface area contributed by atoms with Gasteiger partial charge in [-0.15, -0.1) is 4.36 Å². The van der Waals surface area contributed by atoms with Crippen molar-refractivity contribution < 1.29 is 13.7 Å². The van der Waals surface area contributed by atoms with E-state index in [0.29, 0.717) is 19.0 Å². The third kappa shape index (κ3) is 3.60. The minimum absolute atomic E-state index is 0.144. The van der Waals surface area contributed by atoms with Gasteiger partial charge in [0, 0.05) is 11.4 Å². The maximum atomic E-state index is 13.2. The predicted molar refractivity (Wildman–Crippen MR) is 116 cm³/mol. The van der Waals surface area contributed by atoms with Crippen molar-refractivity contribution in [2.45, 2.75) is 56.0 Å². The lowest BCUT2D eigenvalue weighted by atomic mass is 10.1. The van der Waals surface area contributed by atoms with Gasteiger partial charge in [-0.05, 0) is 63.7 Å². The summed E-state index contributed by atoms with van der Waals surface area (Å²) in [5.74, 6) is 0.313. The summed E-state index contributed by atoms with van der Waals surface area (Å²) in [6.07, 6.45) is 7.02. The van der Waals surface area contributed by atoms with E-state index in [0.717, 1.165) is 66.7 Å². The number of amides is 2. The van der Waals surface area contributed by atoms with Gasteiger partial charge in [0.05, 0.1) is 24.5 Å². The number of hydrogen-bond acceptors (Lipinski definition) is 6. The van der Waals surface area contributed by atoms with Crippen molar-refractivity contribution in [3.05, 3.63) is 28.7 Å². The molecule has 31 heavy (non-hydrogen) atoms. The molecule has 1 aliphatic heterocycles. The lowest BCUT2D eigenvalue weighted by Gasteiger charge is -2.29. The molecule has 0 saturated carbocycles. The second kappa shape index (κ2) is 7.57. The Labute approximate surface area is 181 Å². The molecular formula is C20H27N7O3S. The molecule has 2 amide bonds. The molecule has 3 N–H and O–H groups in total. The Kier molecular flexibility index (Phi) is 4.98. The number of hydrogen-bond donors (Lipinski definition) is 2. The number of nitrogens with two attached hydrogens (primary N) is 1. The van der Waals surface area contributed by atoms with E-state index in [9.17, 15) is 9.00 Å². The van der Waals surface area contributed by atoms with Crippen molar-refractivity contribution in [3.63, 3.8) is 0 Å². The molecule has 2 aromatic heterocycles. The van der Waals surface area contributed by atoms with Crippen LogP contribution in [0, 0.1) is 0 Å². The van der Waals surface area contributed by atoms with E-state index in [2.05, 4.69) is 14.8 Å². The van der Waals surface area contributed by atoms with Crippen LogP contribution < -0.4 is 15.2 Å². The van der Waals surface area contributed by atoms with Gasteiger partial charge in [-0.2, -0.15) is 5.10 Å². The number of aromatic nitrogens is 3. The van der Waals surface area contributed by atoms with Gasteiger partial charge >= 0.3 is 6.03 Å². The maximum absolute atomic E-state index is 13.2. The first-order valence-corrected chi connectivity index (χ1v) is 12.2. The van der Waals surface area contributed by atoms with E-state index in [1.54, 1.807) is 4.68 Å². The molecular weight excluding hydrogens is 418 g/mol. The number of likely N-dealkylation sites (N-methyl/N-ethyl adjacent to an activating group) is 1. The number of pyridine rings is 1. The molecule has 3 heterocycles. The van der Waals surface area contributed by atoms with E-state index in [4.69, 9.17) is 14.9 Å². The van der Waals surface area contributed by atoms with Crippen LogP contribution in [0.3, 0.4) is 0 Å². The lowest BCUT2D eigenvalue weighted by molar-refractivity contribution is 0.117. The van der Waals surface area contributed by atoms with E-state index < -0.39 is 15.9 Å². The van der Waals surface area contributed by atoms with Crippen LogP contribution in [0.25, 0.3) is 0 Å². The molecule has 0 fully saturated rings. The van der Waals surface area contributed by atoms with Gasteiger partial charge < -0.3 is 15.0 Å². The average molecular weight is 446 g/mol. The highest BCUT2D eigenvalue weighted by atomic mass is 32.2. The fraction of sp³-hybridized carbons (Fsp3) is 0.550.